The second-order valence-electron chi connectivity index (χ2n) is 6.19. The zero-order valence-electron chi connectivity index (χ0n) is 13.8. The van der Waals surface area contributed by atoms with Crippen molar-refractivity contribution in [3.8, 4) is 0 Å². The van der Waals surface area contributed by atoms with Gasteiger partial charge in [-0.25, -0.2) is 13.2 Å². The predicted octanol–water partition coefficient (Wildman–Crippen LogP) is 3.59. The summed E-state index contributed by atoms with van der Waals surface area (Å²) in [5, 5.41) is 2.73. The number of anilines is 1. The summed E-state index contributed by atoms with van der Waals surface area (Å²) in [7, 11) is 0. The van der Waals surface area contributed by atoms with E-state index in [4.69, 9.17) is 0 Å². The maximum atomic E-state index is 13.3. The van der Waals surface area contributed by atoms with Crippen LogP contribution in [-0.2, 0) is 4.79 Å². The number of piperidine rings is 1. The molecule has 0 saturated carbocycles. The number of likely N-dealkylation sites (tertiary alicyclic amines) is 1. The Morgan fingerprint density at radius 2 is 1.58 bits per heavy atom. The van der Waals surface area contributed by atoms with E-state index in [1.54, 1.807) is 0 Å². The predicted molar refractivity (Wildman–Crippen MR) is 90.0 cm³/mol. The Kier molecular flexibility index (Phi) is 5.25. The molecule has 0 aliphatic carbocycles. The van der Waals surface area contributed by atoms with Gasteiger partial charge in [0.15, 0.2) is 11.6 Å². The molecule has 4 nitrogen and oxygen atoms in total. The van der Waals surface area contributed by atoms with E-state index < -0.39 is 11.6 Å². The molecule has 1 N–H and O–H groups in total. The monoisotopic (exact) mass is 362 g/mol. The summed E-state index contributed by atoms with van der Waals surface area (Å²) in [5.74, 6) is -3.29. The fourth-order valence-corrected chi connectivity index (χ4v) is 2.93. The Morgan fingerprint density at radius 1 is 0.923 bits per heavy atom. The van der Waals surface area contributed by atoms with Crippen molar-refractivity contribution in [3.63, 3.8) is 0 Å². The van der Waals surface area contributed by atoms with Crippen LogP contribution >= 0.6 is 0 Å². The van der Waals surface area contributed by atoms with Crippen molar-refractivity contribution in [1.29, 1.82) is 0 Å². The highest BCUT2D eigenvalue weighted by molar-refractivity contribution is 5.95. The lowest BCUT2D eigenvalue weighted by Crippen LogP contribution is -2.41. The van der Waals surface area contributed by atoms with Crippen LogP contribution in [0.1, 0.15) is 23.2 Å². The van der Waals surface area contributed by atoms with Crippen LogP contribution in [0.25, 0.3) is 0 Å². The molecule has 1 heterocycles. The summed E-state index contributed by atoms with van der Waals surface area (Å²) in [6.45, 7) is 0.693. The van der Waals surface area contributed by atoms with Crippen LogP contribution < -0.4 is 5.32 Å². The molecular weight excluding hydrogens is 345 g/mol. The second-order valence-corrected chi connectivity index (χ2v) is 6.19. The minimum Gasteiger partial charge on any atom is -0.339 e. The van der Waals surface area contributed by atoms with Gasteiger partial charge < -0.3 is 10.2 Å². The first-order chi connectivity index (χ1) is 12.4. The minimum atomic E-state index is -1.07. The normalized spacial score (nSPS) is 15.0. The molecule has 2 aromatic carbocycles. The zero-order valence-corrected chi connectivity index (χ0v) is 13.8. The van der Waals surface area contributed by atoms with E-state index in [2.05, 4.69) is 5.32 Å². The largest absolute Gasteiger partial charge is 0.339 e. The summed E-state index contributed by atoms with van der Waals surface area (Å²) in [6, 6.07) is 8.53. The van der Waals surface area contributed by atoms with Crippen molar-refractivity contribution in [2.75, 3.05) is 18.4 Å². The van der Waals surface area contributed by atoms with Gasteiger partial charge in [0.2, 0.25) is 5.91 Å². The van der Waals surface area contributed by atoms with E-state index in [0.29, 0.717) is 31.6 Å². The molecule has 2 aromatic rings. The second kappa shape index (κ2) is 7.59. The smallest absolute Gasteiger partial charge is 0.253 e. The van der Waals surface area contributed by atoms with Crippen LogP contribution in [0.4, 0.5) is 18.9 Å². The van der Waals surface area contributed by atoms with Crippen LogP contribution in [0, 0.1) is 23.4 Å². The Morgan fingerprint density at radius 3 is 2.19 bits per heavy atom. The molecule has 2 amide bonds. The number of halogens is 3. The Labute approximate surface area is 148 Å². The van der Waals surface area contributed by atoms with Crippen molar-refractivity contribution >= 4 is 17.5 Å². The summed E-state index contributed by atoms with van der Waals surface area (Å²) >= 11 is 0. The molecule has 0 unspecified atom stereocenters. The maximum Gasteiger partial charge on any atom is 0.253 e. The van der Waals surface area contributed by atoms with Gasteiger partial charge in [-0.2, -0.15) is 0 Å². The van der Waals surface area contributed by atoms with Crippen LogP contribution in [0.15, 0.2) is 42.5 Å². The summed E-state index contributed by atoms with van der Waals surface area (Å²) in [5.41, 5.74) is 0.592. The number of carbonyl (C=O) groups is 2. The number of nitrogens with zero attached hydrogens (tertiary/aromatic N) is 1. The van der Waals surface area contributed by atoms with Gasteiger partial charge in [-0.1, -0.05) is 0 Å². The molecule has 0 radical (unpaired) electrons. The average molecular weight is 362 g/mol. The summed E-state index contributed by atoms with van der Waals surface area (Å²) < 4.78 is 39.2. The highest BCUT2D eigenvalue weighted by Crippen LogP contribution is 2.22. The molecule has 0 spiro atoms. The number of rotatable bonds is 3. The first kappa shape index (κ1) is 18.0. The quantitative estimate of drug-likeness (QED) is 0.907. The fraction of sp³-hybridized carbons (Fsp3) is 0.263. The molecule has 26 heavy (non-hydrogen) atoms. The van der Waals surface area contributed by atoms with Crippen LogP contribution in [0.5, 0.6) is 0 Å². The lowest BCUT2D eigenvalue weighted by atomic mass is 9.95. The molecule has 136 valence electrons. The first-order valence-corrected chi connectivity index (χ1v) is 8.25. The van der Waals surface area contributed by atoms with Gasteiger partial charge >= 0.3 is 0 Å². The molecule has 1 fully saturated rings. The van der Waals surface area contributed by atoms with E-state index in [-0.39, 0.29) is 29.1 Å². The van der Waals surface area contributed by atoms with Crippen LogP contribution in [0.2, 0.25) is 0 Å². The first-order valence-electron chi connectivity index (χ1n) is 8.25. The standard InChI is InChI=1S/C19H17F3N2O2/c20-14-2-4-15(5-3-14)23-18(25)12-7-9-24(10-8-12)19(26)13-1-6-16(21)17(22)11-13/h1-6,11-12H,7-10H2,(H,23,25). The van der Waals surface area contributed by atoms with E-state index >= 15 is 0 Å². The van der Waals surface area contributed by atoms with Gasteiger partial charge in [-0.05, 0) is 55.3 Å². The summed E-state index contributed by atoms with van der Waals surface area (Å²) in [6.07, 6.45) is 0.922. The van der Waals surface area contributed by atoms with E-state index in [1.165, 1.54) is 35.2 Å². The van der Waals surface area contributed by atoms with Gasteiger partial charge in [-0.3, -0.25) is 9.59 Å². The van der Waals surface area contributed by atoms with Crippen molar-refractivity contribution in [1.82, 2.24) is 4.90 Å². The number of nitrogens with one attached hydrogen (secondary N) is 1. The molecule has 0 aromatic heterocycles. The Bertz CT molecular complexity index is 816. The van der Waals surface area contributed by atoms with Crippen molar-refractivity contribution < 1.29 is 22.8 Å². The molecular formula is C19H17F3N2O2. The zero-order chi connectivity index (χ0) is 18.7. The van der Waals surface area contributed by atoms with Crippen molar-refractivity contribution in [3.05, 3.63) is 65.5 Å². The van der Waals surface area contributed by atoms with Gasteiger partial charge in [0, 0.05) is 30.3 Å². The number of amides is 2. The fourth-order valence-electron chi connectivity index (χ4n) is 2.93. The number of carbonyl (C=O) groups excluding carboxylic acids is 2. The Balaban J connectivity index is 1.56. The van der Waals surface area contributed by atoms with Crippen molar-refractivity contribution in [2.24, 2.45) is 5.92 Å². The lowest BCUT2D eigenvalue weighted by molar-refractivity contribution is -0.121. The average Bonchev–Trinajstić information content (AvgIpc) is 2.65. The third-order valence-electron chi connectivity index (χ3n) is 4.43. The minimum absolute atomic E-state index is 0.0816. The van der Waals surface area contributed by atoms with Gasteiger partial charge in [0.1, 0.15) is 5.82 Å². The van der Waals surface area contributed by atoms with E-state index in [1.807, 2.05) is 0 Å². The molecule has 1 aliphatic heterocycles. The van der Waals surface area contributed by atoms with Crippen LogP contribution in [-0.4, -0.2) is 29.8 Å². The Hall–Kier alpha value is -2.83. The number of hydrogen-bond donors (Lipinski definition) is 1. The molecule has 3 rings (SSSR count). The molecule has 1 saturated heterocycles. The topological polar surface area (TPSA) is 49.4 Å². The van der Waals surface area contributed by atoms with Crippen molar-refractivity contribution in [2.45, 2.75) is 12.8 Å². The third kappa shape index (κ3) is 4.04. The highest BCUT2D eigenvalue weighted by Gasteiger charge is 2.28. The third-order valence-corrected chi connectivity index (χ3v) is 4.43. The maximum absolute atomic E-state index is 13.3. The SMILES string of the molecule is O=C(Nc1ccc(F)cc1)C1CCN(C(=O)c2ccc(F)c(F)c2)CC1. The molecule has 0 bridgehead atoms. The number of benzene rings is 2. The summed E-state index contributed by atoms with van der Waals surface area (Å²) in [4.78, 5) is 26.2. The van der Waals surface area contributed by atoms with Crippen LogP contribution in [0.3, 0.4) is 0 Å². The van der Waals surface area contributed by atoms with E-state index in [9.17, 15) is 22.8 Å². The molecule has 7 heteroatoms. The lowest BCUT2D eigenvalue weighted by Gasteiger charge is -2.31. The molecule has 1 aliphatic rings. The van der Waals surface area contributed by atoms with Gasteiger partial charge in [-0.15, -0.1) is 0 Å². The van der Waals surface area contributed by atoms with Gasteiger partial charge in [0.05, 0.1) is 0 Å². The molecule has 0 atom stereocenters. The van der Waals surface area contributed by atoms with Gasteiger partial charge in [0.25, 0.3) is 5.91 Å². The highest BCUT2D eigenvalue weighted by atomic mass is 19.2. The number of hydrogen-bond acceptors (Lipinski definition) is 2. The van der Waals surface area contributed by atoms with E-state index in [0.717, 1.165) is 12.1 Å².